The molecule has 0 bridgehead atoms. The molecule has 0 aromatic heterocycles. The van der Waals surface area contributed by atoms with Crippen molar-refractivity contribution in [2.75, 3.05) is 37.7 Å². The Kier molecular flexibility index (Phi) is 39.1. The lowest BCUT2D eigenvalue weighted by molar-refractivity contribution is -0.138. The van der Waals surface area contributed by atoms with Gasteiger partial charge in [-0.1, -0.05) is 95.6 Å². The molecule has 0 fully saturated rings. The Balaban J connectivity index is 0.00000101. The molecule has 97 heavy (non-hydrogen) atoms. The Morgan fingerprint density at radius 3 is 1.49 bits per heavy atom. The van der Waals surface area contributed by atoms with Gasteiger partial charge in [-0.3, -0.25) is 63.1 Å². The van der Waals surface area contributed by atoms with E-state index in [0.29, 0.717) is 18.8 Å². The summed E-state index contributed by atoms with van der Waals surface area (Å²) >= 11 is 0. The number of Topliss-reactive ketones (excluding diaryl/α,β-unsaturated/α-hetero) is 3. The zero-order valence-corrected chi connectivity index (χ0v) is 57.2. The molecular weight excluding hydrogens is 1300 g/mol. The van der Waals surface area contributed by atoms with E-state index in [-0.39, 0.29) is 113 Å². The highest BCUT2D eigenvalue weighted by molar-refractivity contribution is 8.76. The van der Waals surface area contributed by atoms with Crippen LogP contribution in [0, 0.1) is 17.8 Å². The van der Waals surface area contributed by atoms with Gasteiger partial charge in [0.25, 0.3) is 0 Å². The van der Waals surface area contributed by atoms with Crippen molar-refractivity contribution in [1.29, 1.82) is 0 Å². The first-order valence-electron chi connectivity index (χ1n) is 31.8. The maximum Gasteiger partial charge on any atom is 0.416 e. The number of aliphatic imine (C=N–C) groups is 4. The number of aryl methyl sites for hydroxylation is 1. The van der Waals surface area contributed by atoms with E-state index < -0.39 is 125 Å². The molecule has 0 aliphatic carbocycles. The maximum atomic E-state index is 14.3. The van der Waals surface area contributed by atoms with Gasteiger partial charge in [-0.25, -0.2) is 0 Å². The van der Waals surface area contributed by atoms with Gasteiger partial charge >= 0.3 is 12.1 Å². The first-order chi connectivity index (χ1) is 45.7. The molecule has 25 N–H and O–H groups in total. The average molecular weight is 1400 g/mol. The summed E-state index contributed by atoms with van der Waals surface area (Å²) in [6.45, 7) is 6.68. The van der Waals surface area contributed by atoms with Crippen LogP contribution in [0.2, 0.25) is 0 Å². The summed E-state index contributed by atoms with van der Waals surface area (Å²) in [7, 11) is 2.17. The van der Waals surface area contributed by atoms with Gasteiger partial charge in [-0.05, 0) is 118 Å². The molecule has 28 nitrogen and oxygen atoms in total. The van der Waals surface area contributed by atoms with Crippen LogP contribution in [-0.4, -0.2) is 150 Å². The van der Waals surface area contributed by atoms with Crippen molar-refractivity contribution >= 4 is 109 Å². The van der Waals surface area contributed by atoms with Crippen molar-refractivity contribution < 1.29 is 61.4 Å². The second kappa shape index (κ2) is 44.9. The Morgan fingerprint density at radius 1 is 0.515 bits per heavy atom. The first kappa shape index (κ1) is 84.4. The third-order valence-electron chi connectivity index (χ3n) is 15.4. The van der Waals surface area contributed by atoms with Crippen LogP contribution < -0.4 is 78.6 Å². The zero-order valence-electron chi connectivity index (χ0n) is 55.5. The fourth-order valence-electron chi connectivity index (χ4n) is 10.0. The molecule has 0 spiro atoms. The van der Waals surface area contributed by atoms with E-state index in [9.17, 15) is 56.3 Å². The van der Waals surface area contributed by atoms with Gasteiger partial charge in [0.2, 0.25) is 29.5 Å². The molecule has 0 aliphatic heterocycles. The highest BCUT2D eigenvalue weighted by Crippen LogP contribution is 2.32. The van der Waals surface area contributed by atoms with Crippen LogP contribution in [0.3, 0.4) is 0 Å². The molecule has 0 aliphatic rings. The third-order valence-corrected chi connectivity index (χ3v) is 17.8. The Hall–Kier alpha value is -8.72. The number of hydrogen-bond donors (Lipinski definition) is 15. The van der Waals surface area contributed by atoms with Crippen molar-refractivity contribution in [2.45, 2.75) is 166 Å². The Labute approximate surface area is 571 Å². The number of fused-ring (bicyclic) bond motifs is 1. The van der Waals surface area contributed by atoms with Crippen LogP contribution in [0.15, 0.2) is 86.7 Å². The normalized spacial score (nSPS) is 13.9. The fourth-order valence-corrected chi connectivity index (χ4v) is 12.3. The number of hydrogen-bond acceptors (Lipinski definition) is 16. The quantitative estimate of drug-likeness (QED) is 0.0167. The van der Waals surface area contributed by atoms with Crippen LogP contribution >= 0.6 is 21.6 Å². The molecule has 0 heterocycles. The SMILES string of the molecule is CC(=O)N[C@H](CSSC[C@H](N)C(=O)O)C(=O)N[C@H](C)C(=O)C[C@H](CCCN=C(N)N)C(=O)N[C@H](CCCN=C(N)N)C(=O)C[C@H](CCCN=C(N)N)C(=O)N[C@H](C)C(=O)C[C@H](CCCN=C(N)N)C(N)=O.C[C@@H](CCCCc1cccc(C(F)(F)F)c1)c1cccc2ccccc12. The van der Waals surface area contributed by atoms with Gasteiger partial charge in [0.1, 0.15) is 12.1 Å². The minimum atomic E-state index is -4.26. The number of alkyl halides is 3. The largest absolute Gasteiger partial charge is 0.480 e. The van der Waals surface area contributed by atoms with Gasteiger partial charge in [0.15, 0.2) is 41.2 Å². The van der Waals surface area contributed by atoms with Crippen LogP contribution in [0.4, 0.5) is 13.2 Å². The molecule has 0 saturated carbocycles. The van der Waals surface area contributed by atoms with Crippen LogP contribution in [0.25, 0.3) is 10.8 Å². The summed E-state index contributed by atoms with van der Waals surface area (Å²) in [6, 6.07) is 14.7. The minimum absolute atomic E-state index is 0.00524. The van der Waals surface area contributed by atoms with Crippen molar-refractivity contribution in [2.24, 2.45) is 95.1 Å². The number of halogens is 3. The number of carbonyl (C=O) groups is 9. The highest BCUT2D eigenvalue weighted by Gasteiger charge is 2.34. The van der Waals surface area contributed by atoms with Crippen LogP contribution in [-0.2, 0) is 55.7 Å². The summed E-state index contributed by atoms with van der Waals surface area (Å²) < 4.78 is 38.3. The van der Waals surface area contributed by atoms with Crippen molar-refractivity contribution in [3.05, 3.63) is 83.4 Å². The minimum Gasteiger partial charge on any atom is -0.480 e. The van der Waals surface area contributed by atoms with Gasteiger partial charge in [-0.2, -0.15) is 13.2 Å². The monoisotopic (exact) mass is 1400 g/mol. The number of aliphatic carboxylic acids is 1. The molecule has 0 saturated heterocycles. The number of primary amides is 1. The number of benzene rings is 3. The molecule has 33 heteroatoms. The summed E-state index contributed by atoms with van der Waals surface area (Å²) in [5.74, 6) is -9.63. The van der Waals surface area contributed by atoms with E-state index >= 15 is 0 Å². The molecule has 3 aromatic rings. The van der Waals surface area contributed by atoms with Gasteiger partial charge in [-0.15, -0.1) is 0 Å². The smallest absolute Gasteiger partial charge is 0.416 e. The summed E-state index contributed by atoms with van der Waals surface area (Å²) in [5.41, 5.74) is 56.3. The lowest BCUT2D eigenvalue weighted by atomic mass is 9.89. The number of carbonyl (C=O) groups excluding carboxylic acids is 8. The summed E-state index contributed by atoms with van der Waals surface area (Å²) in [4.78, 5) is 133. The second-order valence-electron chi connectivity index (χ2n) is 23.5. The van der Waals surface area contributed by atoms with E-state index in [2.05, 4.69) is 84.6 Å². The van der Waals surface area contributed by atoms with Crippen molar-refractivity contribution in [3.8, 4) is 0 Å². The van der Waals surface area contributed by atoms with Gasteiger partial charge in [0, 0.05) is 81.6 Å². The molecule has 0 radical (unpaired) electrons. The number of carboxylic acids is 1. The van der Waals surface area contributed by atoms with E-state index in [1.807, 2.05) is 6.07 Å². The lowest BCUT2D eigenvalue weighted by Crippen LogP contribution is -2.52. The number of nitrogens with two attached hydrogens (primary N) is 10. The molecule has 538 valence electrons. The molecule has 0 unspecified atom stereocenters. The molecule has 9 atom stereocenters. The number of ketones is 3. The van der Waals surface area contributed by atoms with E-state index in [0.717, 1.165) is 52.5 Å². The standard InChI is InChI=1S/C41H76N18O10S2.C23H23F3/c1-21(30(61)16-24(33(43)64)8-4-12-52-38(44)45)56-34(65)26(10-6-14-54-40(48)49)18-32(63)28(11-7-15-55-41(50)51)59-35(66)25(9-5-13-53-39(46)47)17-31(62)22(2)57-36(67)29(58-23(3)60)20-71-70-19-27(42)37(68)69;1-17(21-15-7-12-19-11-4-5-14-22(19)21)8-2-3-9-18-10-6-13-20(16-18)23(24,25)26/h21-22,24-29H,4-20,42H2,1-3H3,(H2,43,64)(H,56,65)(H,57,67)(H,58,60)(H,59,66)(H,68,69)(H4,44,45,52)(H4,46,47,53)(H4,48,49,54)(H4,50,51,55);4-7,10-17H,2-3,8-9H2,1H3/t21-,22-,24+,25+,26+,27+,28-,29-;17-/m10/s1. The predicted octanol–water partition coefficient (Wildman–Crippen LogP) is 2.58. The molecule has 3 aromatic carbocycles. The summed E-state index contributed by atoms with van der Waals surface area (Å²) in [6.07, 6.45) is -0.533. The number of nitrogens with zero attached hydrogens (tertiary/aromatic N) is 4. The van der Waals surface area contributed by atoms with E-state index in [1.54, 1.807) is 6.07 Å². The lowest BCUT2D eigenvalue weighted by Gasteiger charge is -2.25. The third kappa shape index (κ3) is 35.2. The van der Waals surface area contributed by atoms with Crippen LogP contribution in [0.1, 0.15) is 140 Å². The molecule has 5 amide bonds. The fraction of sp³-hybridized carbons (Fsp3) is 0.547. The van der Waals surface area contributed by atoms with Gasteiger partial charge in [0.05, 0.1) is 23.7 Å². The van der Waals surface area contributed by atoms with Gasteiger partial charge < -0.3 is 83.7 Å². The zero-order chi connectivity index (χ0) is 72.8. The van der Waals surface area contributed by atoms with Crippen molar-refractivity contribution in [3.63, 3.8) is 0 Å². The summed E-state index contributed by atoms with van der Waals surface area (Å²) in [5, 5.41) is 22.0. The Bertz CT molecular complexity index is 3180. The number of guanidine groups is 4. The number of rotatable bonds is 45. The van der Waals surface area contributed by atoms with E-state index in [4.69, 9.17) is 62.4 Å². The van der Waals surface area contributed by atoms with E-state index in [1.165, 1.54) is 49.2 Å². The predicted molar refractivity (Wildman–Crippen MR) is 375 cm³/mol. The molecular formula is C64H99F3N18O10S2. The second-order valence-corrected chi connectivity index (χ2v) is 26.1. The van der Waals surface area contributed by atoms with Crippen LogP contribution in [0.5, 0.6) is 0 Å². The van der Waals surface area contributed by atoms with Crippen molar-refractivity contribution in [1.82, 2.24) is 21.3 Å². The Morgan fingerprint density at radius 2 is 0.979 bits per heavy atom. The maximum absolute atomic E-state index is 14.3. The number of nitrogens with one attached hydrogen (secondary N) is 4. The average Bonchev–Trinajstić information content (AvgIpc) is 0.833. The first-order valence-corrected chi connectivity index (χ1v) is 34.3. The number of unbranched alkanes of at least 4 members (excludes halogenated alkanes) is 1. The number of carboxylic acid groups (broad SMARTS) is 1. The number of amides is 5. The topological polar surface area (TPSA) is 532 Å². The molecule has 3 rings (SSSR count). The highest BCUT2D eigenvalue weighted by atomic mass is 33.1.